The predicted octanol–water partition coefficient (Wildman–Crippen LogP) is 1.63. The normalized spacial score (nSPS) is 13.3. The quantitative estimate of drug-likeness (QED) is 0.516. The number of halogens is 3. The fourth-order valence-electron chi connectivity index (χ4n) is 3.14. The summed E-state index contributed by atoms with van der Waals surface area (Å²) in [6, 6.07) is 7.91. The van der Waals surface area contributed by atoms with E-state index in [9.17, 15) is 23.1 Å². The molecule has 0 amide bonds. The van der Waals surface area contributed by atoms with Crippen LogP contribution in [0, 0.1) is 17.5 Å². The fourth-order valence-corrected chi connectivity index (χ4v) is 3.14. The van der Waals surface area contributed by atoms with Crippen molar-refractivity contribution >= 4 is 0 Å². The highest BCUT2D eigenvalue weighted by atomic mass is 19.1. The van der Waals surface area contributed by atoms with E-state index in [0.717, 1.165) is 21.4 Å². The lowest BCUT2D eigenvalue weighted by Crippen LogP contribution is -2.41. The Bertz CT molecular complexity index is 1220. The third-order valence-electron chi connectivity index (χ3n) is 4.57. The van der Waals surface area contributed by atoms with Crippen molar-refractivity contribution in [1.82, 2.24) is 29.1 Å². The summed E-state index contributed by atoms with van der Waals surface area (Å²) in [5.41, 5.74) is -2.51. The molecule has 0 spiro atoms. The Balaban J connectivity index is 1.74. The average Bonchev–Trinajstić information content (AvgIpc) is 3.33. The topological polar surface area (TPSA) is 90.8 Å². The lowest BCUT2D eigenvalue weighted by Gasteiger charge is -2.28. The number of rotatable bonds is 6. The van der Waals surface area contributed by atoms with E-state index in [0.29, 0.717) is 11.8 Å². The number of nitrogens with zero attached hydrogens (tertiary/aromatic N) is 6. The maximum atomic E-state index is 14.5. The van der Waals surface area contributed by atoms with Gasteiger partial charge >= 0.3 is 5.69 Å². The number of benzene rings is 2. The van der Waals surface area contributed by atoms with Gasteiger partial charge in [-0.25, -0.2) is 36.9 Å². The molecule has 0 aliphatic carbocycles. The van der Waals surface area contributed by atoms with Crippen molar-refractivity contribution in [2.24, 2.45) is 0 Å². The Morgan fingerprint density at radius 3 is 2.33 bits per heavy atom. The summed E-state index contributed by atoms with van der Waals surface area (Å²) in [5, 5.41) is 19.2. The van der Waals surface area contributed by atoms with E-state index in [-0.39, 0.29) is 12.1 Å². The van der Waals surface area contributed by atoms with Gasteiger partial charge in [-0.15, -0.1) is 0 Å². The first-order valence-corrected chi connectivity index (χ1v) is 8.76. The van der Waals surface area contributed by atoms with Gasteiger partial charge in [0.05, 0.1) is 18.8 Å². The van der Waals surface area contributed by atoms with Gasteiger partial charge in [-0.1, -0.05) is 6.07 Å². The summed E-state index contributed by atoms with van der Waals surface area (Å²) in [4.78, 5) is 16.6. The minimum Gasteiger partial charge on any atom is -0.381 e. The molecule has 8 nitrogen and oxygen atoms in total. The molecule has 0 aliphatic rings. The molecule has 0 saturated carbocycles. The van der Waals surface area contributed by atoms with Crippen LogP contribution >= 0.6 is 0 Å². The Hall–Kier alpha value is -3.73. The van der Waals surface area contributed by atoms with Crippen molar-refractivity contribution in [3.63, 3.8) is 0 Å². The Kier molecular flexibility index (Phi) is 4.96. The van der Waals surface area contributed by atoms with Crippen molar-refractivity contribution in [2.45, 2.75) is 18.7 Å². The highest BCUT2D eigenvalue weighted by molar-refractivity contribution is 5.31. The van der Waals surface area contributed by atoms with Crippen molar-refractivity contribution in [3.8, 4) is 5.69 Å². The molecular formula is C19H15F3N6O2. The molecule has 4 aromatic rings. The first kappa shape index (κ1) is 19.6. The van der Waals surface area contributed by atoms with Gasteiger partial charge in [0.2, 0.25) is 0 Å². The van der Waals surface area contributed by atoms with Gasteiger partial charge in [-0.05, 0) is 30.3 Å². The number of hydrogen-bond acceptors (Lipinski definition) is 5. The van der Waals surface area contributed by atoms with Gasteiger partial charge in [-0.2, -0.15) is 10.2 Å². The predicted molar refractivity (Wildman–Crippen MR) is 98.1 cm³/mol. The molecule has 0 radical (unpaired) electrons. The molecule has 0 aliphatic heterocycles. The van der Waals surface area contributed by atoms with E-state index in [1.54, 1.807) is 0 Å². The molecule has 11 heteroatoms. The van der Waals surface area contributed by atoms with Gasteiger partial charge < -0.3 is 5.11 Å². The summed E-state index contributed by atoms with van der Waals surface area (Å²) in [6.07, 6.45) is 3.75. The molecule has 4 rings (SSSR count). The van der Waals surface area contributed by atoms with Crippen LogP contribution in [0.4, 0.5) is 13.2 Å². The largest absolute Gasteiger partial charge is 0.381 e. The van der Waals surface area contributed by atoms with E-state index in [4.69, 9.17) is 0 Å². The van der Waals surface area contributed by atoms with Crippen molar-refractivity contribution in [1.29, 1.82) is 0 Å². The Morgan fingerprint density at radius 2 is 1.67 bits per heavy atom. The van der Waals surface area contributed by atoms with Gasteiger partial charge in [0.1, 0.15) is 42.0 Å². The first-order chi connectivity index (χ1) is 14.4. The third-order valence-corrected chi connectivity index (χ3v) is 4.57. The standard InChI is InChI=1S/C19H15F3N6O2/c20-13-1-4-15(5-2-13)27-12-25-28(18(27)29)9-19(30,8-26-11-23-10-24-26)16-6-3-14(21)7-17(16)22/h1-7,10-12,30H,8-9H2. The maximum absolute atomic E-state index is 14.5. The van der Waals surface area contributed by atoms with E-state index in [2.05, 4.69) is 15.2 Å². The van der Waals surface area contributed by atoms with Crippen LogP contribution in [0.2, 0.25) is 0 Å². The van der Waals surface area contributed by atoms with E-state index in [1.165, 1.54) is 47.9 Å². The minimum atomic E-state index is -2.00. The van der Waals surface area contributed by atoms with E-state index < -0.39 is 35.3 Å². The van der Waals surface area contributed by atoms with Gasteiger partial charge in [0.15, 0.2) is 0 Å². The van der Waals surface area contributed by atoms with Gasteiger partial charge in [-0.3, -0.25) is 0 Å². The van der Waals surface area contributed by atoms with Crippen LogP contribution in [0.15, 0.2) is 66.2 Å². The second-order valence-electron chi connectivity index (χ2n) is 6.67. The van der Waals surface area contributed by atoms with Crippen LogP contribution in [0.5, 0.6) is 0 Å². The fraction of sp³-hybridized carbons (Fsp3) is 0.158. The van der Waals surface area contributed by atoms with Crippen molar-refractivity contribution < 1.29 is 18.3 Å². The zero-order valence-corrected chi connectivity index (χ0v) is 15.4. The highest BCUT2D eigenvalue weighted by Crippen LogP contribution is 2.28. The van der Waals surface area contributed by atoms with E-state index in [1.807, 2.05) is 0 Å². The molecule has 1 N–H and O–H groups in total. The molecule has 2 aromatic heterocycles. The zero-order valence-electron chi connectivity index (χ0n) is 15.4. The van der Waals surface area contributed by atoms with Crippen LogP contribution in [-0.4, -0.2) is 34.2 Å². The highest BCUT2D eigenvalue weighted by Gasteiger charge is 2.35. The minimum absolute atomic E-state index is 0.234. The number of aromatic nitrogens is 6. The third kappa shape index (κ3) is 3.74. The SMILES string of the molecule is O=c1n(-c2ccc(F)cc2)cnn1CC(O)(Cn1cncn1)c1ccc(F)cc1F. The second-order valence-corrected chi connectivity index (χ2v) is 6.67. The monoisotopic (exact) mass is 416 g/mol. The molecule has 1 unspecified atom stereocenters. The molecule has 0 fully saturated rings. The smallest absolute Gasteiger partial charge is 0.350 e. The second kappa shape index (κ2) is 7.59. The zero-order chi connectivity index (χ0) is 21.3. The van der Waals surface area contributed by atoms with Crippen LogP contribution in [0.25, 0.3) is 5.69 Å². The number of hydrogen-bond donors (Lipinski definition) is 1. The van der Waals surface area contributed by atoms with Crippen molar-refractivity contribution in [3.05, 3.63) is 94.9 Å². The number of aliphatic hydroxyl groups is 1. The van der Waals surface area contributed by atoms with Crippen molar-refractivity contribution in [2.75, 3.05) is 0 Å². The molecule has 30 heavy (non-hydrogen) atoms. The Morgan fingerprint density at radius 1 is 0.933 bits per heavy atom. The molecule has 0 saturated heterocycles. The molecule has 154 valence electrons. The summed E-state index contributed by atoms with van der Waals surface area (Å²) in [6.45, 7) is -0.728. The summed E-state index contributed by atoms with van der Waals surface area (Å²) in [5.74, 6) is -2.26. The van der Waals surface area contributed by atoms with Crippen LogP contribution in [0.1, 0.15) is 5.56 Å². The van der Waals surface area contributed by atoms with E-state index >= 15 is 0 Å². The summed E-state index contributed by atoms with van der Waals surface area (Å²) < 4.78 is 44.4. The van der Waals surface area contributed by atoms with Crippen LogP contribution in [0.3, 0.4) is 0 Å². The van der Waals surface area contributed by atoms with Gasteiger partial charge in [0, 0.05) is 11.6 Å². The summed E-state index contributed by atoms with van der Waals surface area (Å²) >= 11 is 0. The van der Waals surface area contributed by atoms with Crippen LogP contribution < -0.4 is 5.69 Å². The average molecular weight is 416 g/mol. The maximum Gasteiger partial charge on any atom is 0.350 e. The lowest BCUT2D eigenvalue weighted by molar-refractivity contribution is -0.00948. The molecule has 2 aromatic carbocycles. The van der Waals surface area contributed by atoms with Crippen LogP contribution in [-0.2, 0) is 18.7 Å². The molecule has 0 bridgehead atoms. The summed E-state index contributed by atoms with van der Waals surface area (Å²) in [7, 11) is 0. The first-order valence-electron chi connectivity index (χ1n) is 8.76. The molecule has 2 heterocycles. The molecular weight excluding hydrogens is 401 g/mol. The van der Waals surface area contributed by atoms with Gasteiger partial charge in [0.25, 0.3) is 0 Å². The lowest BCUT2D eigenvalue weighted by atomic mass is 9.93. The molecule has 1 atom stereocenters. The Labute approximate surface area is 167 Å².